The molecule has 31 heteroatoms. The lowest BCUT2D eigenvalue weighted by Gasteiger charge is -2.26. The highest BCUT2D eigenvalue weighted by Crippen LogP contribution is 2.30. The number of benzene rings is 8. The third-order valence-electron chi connectivity index (χ3n) is 19.3. The van der Waals surface area contributed by atoms with E-state index < -0.39 is 131 Å². The first kappa shape index (κ1) is 106. The van der Waals surface area contributed by atoms with Crippen molar-refractivity contribution in [1.29, 1.82) is 0 Å². The summed E-state index contributed by atoms with van der Waals surface area (Å²) in [7, 11) is 4.21. The standard InChI is InChI=1S/3C24H28F3NO5.C24H32O4/c3*1-17-6-5-7-18(14-17)10-11-19-8-3-4-9-21(19)32-16-20(15-28(2)24(25,26)27)33-23(31)13-12-22(29)30;1-5-24(25)28-22(15-18(2)3)17-27-23-12-7-6-10-20(23)14-13-19-9-8-11-21(16-19)26-4/h3*3-9,14,20H,10-13,15-16H2,1-2H3,(H,29,30);6-12,16,18,22H,5,13-15,17H2,1-4H3. The van der Waals surface area contributed by atoms with E-state index in [-0.39, 0.29) is 46.6 Å². The van der Waals surface area contributed by atoms with Gasteiger partial charge in [-0.25, -0.2) is 14.7 Å². The Hall–Kier alpha value is -11.7. The number of aliphatic carboxylic acids is 3. The number of nitrogens with zero attached hydrogens (tertiary/aromatic N) is 3. The second-order valence-corrected chi connectivity index (χ2v) is 30.7. The van der Waals surface area contributed by atoms with E-state index in [1.807, 2.05) is 149 Å². The van der Waals surface area contributed by atoms with Crippen LogP contribution in [-0.2, 0) is 104 Å². The molecule has 0 spiro atoms. The SMILES string of the molecule is CCC(=O)OC(COc1ccccc1CCc1cccc(OC)c1)CC(C)C.Cc1cccc(CCc2ccccc2OCC(CN(C)C(F)(F)F)OC(=O)CCC(=O)O)c1.Cc1cccc(CCc2ccccc2OCC(CN(C)C(F)(F)F)OC(=O)CCC(=O)O)c1.Cc1cccc(CCc2ccccc2OCC(CN(C)C(F)(F)F)OC(=O)CCC(=O)O)c1. The Kier molecular flexibility index (Phi) is 45.9. The molecule has 4 atom stereocenters. The Morgan fingerprint density at radius 1 is 0.339 bits per heavy atom. The number of rotatable bonds is 47. The summed E-state index contributed by atoms with van der Waals surface area (Å²) in [5.41, 5.74) is 11.9. The smallest absolute Gasteiger partial charge is 0.459 e. The molecule has 0 aliphatic carbocycles. The normalized spacial score (nSPS) is 12.3. The van der Waals surface area contributed by atoms with E-state index >= 15 is 0 Å². The lowest BCUT2D eigenvalue weighted by atomic mass is 10.0. The minimum atomic E-state index is -4.61. The maximum atomic E-state index is 13.0. The van der Waals surface area contributed by atoms with E-state index in [2.05, 4.69) is 50.2 Å². The second kappa shape index (κ2) is 55.0. The van der Waals surface area contributed by atoms with Crippen molar-refractivity contribution in [3.63, 3.8) is 0 Å². The van der Waals surface area contributed by atoms with Gasteiger partial charge in [0.1, 0.15) is 79.6 Å². The lowest BCUT2D eigenvalue weighted by molar-refractivity contribution is -0.244. The molecule has 0 amide bonds. The van der Waals surface area contributed by atoms with E-state index in [1.54, 1.807) is 43.5 Å². The Balaban J connectivity index is 0.000000301. The molecule has 3 N–H and O–H groups in total. The number of halogens is 9. The number of methoxy groups -OCH3 is 1. The van der Waals surface area contributed by atoms with Crippen LogP contribution in [0.25, 0.3) is 0 Å². The zero-order valence-corrected chi connectivity index (χ0v) is 73.2. The summed E-state index contributed by atoms with van der Waals surface area (Å²) in [6.07, 6.45) is -13.3. The van der Waals surface area contributed by atoms with Crippen molar-refractivity contribution in [2.24, 2.45) is 5.92 Å². The van der Waals surface area contributed by atoms with Crippen molar-refractivity contribution < 1.29 is 131 Å². The monoisotopic (exact) mass is 1790 g/mol. The molecule has 4 unspecified atom stereocenters. The molecule has 8 aromatic carbocycles. The first-order chi connectivity index (χ1) is 60.1. The van der Waals surface area contributed by atoms with E-state index in [0.717, 1.165) is 127 Å². The Morgan fingerprint density at radius 2 is 0.598 bits per heavy atom. The number of carbonyl (C=O) groups excluding carboxylic acids is 4. The molecule has 8 aromatic rings. The van der Waals surface area contributed by atoms with E-state index in [4.69, 9.17) is 58.0 Å². The number of carboxylic acids is 3. The summed E-state index contributed by atoms with van der Waals surface area (Å²) in [6.45, 7) is 9.61. The average molecular weight is 1790 g/mol. The largest absolute Gasteiger partial charge is 0.497 e. The number of carbonyl (C=O) groups is 7. The highest BCUT2D eigenvalue weighted by Gasteiger charge is 2.39. The van der Waals surface area contributed by atoms with Crippen molar-refractivity contribution in [1.82, 2.24) is 14.7 Å². The molecule has 0 aliphatic rings. The highest BCUT2D eigenvalue weighted by atomic mass is 19.4. The molecule has 0 saturated heterocycles. The molecule has 0 bridgehead atoms. The maximum Gasteiger partial charge on any atom is 0.459 e. The van der Waals surface area contributed by atoms with Gasteiger partial charge in [0.2, 0.25) is 0 Å². The summed E-state index contributed by atoms with van der Waals surface area (Å²) in [6, 6.07) is 62.0. The second-order valence-electron chi connectivity index (χ2n) is 30.7. The third-order valence-corrected chi connectivity index (χ3v) is 19.3. The minimum absolute atomic E-state index is 0.0924. The van der Waals surface area contributed by atoms with E-state index in [0.29, 0.717) is 55.5 Å². The average Bonchev–Trinajstić information content (AvgIpc) is 0.868. The number of hydrogen-bond donors (Lipinski definition) is 3. The first-order valence-electron chi connectivity index (χ1n) is 41.5. The van der Waals surface area contributed by atoms with E-state index in [9.17, 15) is 73.1 Å². The number of esters is 4. The van der Waals surface area contributed by atoms with Crippen molar-refractivity contribution in [2.45, 2.75) is 188 Å². The van der Waals surface area contributed by atoms with Crippen LogP contribution in [0.3, 0.4) is 0 Å². The minimum Gasteiger partial charge on any atom is -0.497 e. The van der Waals surface area contributed by atoms with Gasteiger partial charge < -0.3 is 58.0 Å². The molecular weight excluding hydrogens is 1670 g/mol. The van der Waals surface area contributed by atoms with Gasteiger partial charge in [-0.15, -0.1) is 0 Å². The molecule has 0 radical (unpaired) electrons. The van der Waals surface area contributed by atoms with Crippen LogP contribution in [0, 0.1) is 26.7 Å². The summed E-state index contributed by atoms with van der Waals surface area (Å²) >= 11 is 0. The molecule has 0 saturated carbocycles. The molecule has 0 aromatic heterocycles. The topological polar surface area (TPSA) is 273 Å². The molecule has 0 heterocycles. The van der Waals surface area contributed by atoms with Gasteiger partial charge in [-0.2, -0.15) is 39.5 Å². The van der Waals surface area contributed by atoms with Crippen LogP contribution in [-0.4, -0.2) is 189 Å². The predicted molar refractivity (Wildman–Crippen MR) is 460 cm³/mol. The third kappa shape index (κ3) is 43.9. The van der Waals surface area contributed by atoms with Gasteiger partial charge >= 0.3 is 60.7 Å². The van der Waals surface area contributed by atoms with Gasteiger partial charge in [0.25, 0.3) is 0 Å². The fourth-order valence-corrected chi connectivity index (χ4v) is 12.6. The van der Waals surface area contributed by atoms with Crippen LogP contribution in [0.1, 0.15) is 133 Å². The van der Waals surface area contributed by atoms with Crippen molar-refractivity contribution in [3.8, 4) is 28.7 Å². The molecule has 8 rings (SSSR count). The molecule has 22 nitrogen and oxygen atoms in total. The zero-order chi connectivity index (χ0) is 93.7. The lowest BCUT2D eigenvalue weighted by Crippen LogP contribution is -2.43. The number of alkyl halides is 9. The molecule has 0 aliphatic heterocycles. The number of hydrogen-bond acceptors (Lipinski definition) is 19. The Labute approximate surface area is 736 Å². The summed E-state index contributed by atoms with van der Waals surface area (Å²) in [5, 5.41) is 26.1. The number of ether oxygens (including phenoxy) is 9. The summed E-state index contributed by atoms with van der Waals surface area (Å²) in [5.74, 6) is -2.83. The van der Waals surface area contributed by atoms with Crippen LogP contribution >= 0.6 is 0 Å². The van der Waals surface area contributed by atoms with Gasteiger partial charge in [-0.1, -0.05) is 195 Å². The van der Waals surface area contributed by atoms with Crippen LogP contribution in [0.5, 0.6) is 28.7 Å². The van der Waals surface area contributed by atoms with Crippen LogP contribution < -0.4 is 23.7 Å². The molecule has 692 valence electrons. The van der Waals surface area contributed by atoms with Crippen molar-refractivity contribution >= 4 is 41.8 Å². The van der Waals surface area contributed by atoms with Crippen LogP contribution in [0.2, 0.25) is 0 Å². The Bertz CT molecular complexity index is 4340. The van der Waals surface area contributed by atoms with Gasteiger partial charge in [0.05, 0.1) is 45.6 Å². The van der Waals surface area contributed by atoms with Crippen LogP contribution in [0.15, 0.2) is 194 Å². The number of para-hydroxylation sites is 4. The molecule has 127 heavy (non-hydrogen) atoms. The predicted octanol–water partition coefficient (Wildman–Crippen LogP) is 18.4. The van der Waals surface area contributed by atoms with Crippen LogP contribution in [0.4, 0.5) is 39.5 Å². The molecular formula is C96H116F9N3O19. The molecule has 0 fully saturated rings. The zero-order valence-electron chi connectivity index (χ0n) is 73.2. The maximum absolute atomic E-state index is 13.0. The number of aryl methyl sites for hydroxylation is 11. The highest BCUT2D eigenvalue weighted by molar-refractivity contribution is 5.78. The van der Waals surface area contributed by atoms with Crippen molar-refractivity contribution in [3.05, 3.63) is 255 Å². The van der Waals surface area contributed by atoms with Crippen molar-refractivity contribution in [2.75, 3.05) is 74.3 Å². The van der Waals surface area contributed by atoms with E-state index in [1.165, 1.54) is 5.56 Å². The summed E-state index contributed by atoms with van der Waals surface area (Å²) in [4.78, 5) is 79.6. The van der Waals surface area contributed by atoms with Gasteiger partial charge in [-0.3, -0.25) is 33.6 Å². The summed E-state index contributed by atoms with van der Waals surface area (Å²) < 4.78 is 166. The quantitative estimate of drug-likeness (QED) is 0.0138. The number of likely N-dealkylation sites (N-methyl/N-ethyl adjacent to an activating group) is 3. The number of carboxylic acid groups (broad SMARTS) is 3. The fourth-order valence-electron chi connectivity index (χ4n) is 12.6. The van der Waals surface area contributed by atoms with Gasteiger partial charge in [0.15, 0.2) is 0 Å². The Morgan fingerprint density at radius 3 is 0.850 bits per heavy atom. The van der Waals surface area contributed by atoms with Gasteiger partial charge in [0, 0.05) is 26.1 Å². The van der Waals surface area contributed by atoms with Gasteiger partial charge in [-0.05, 0) is 187 Å². The first-order valence-corrected chi connectivity index (χ1v) is 41.5. The fraction of sp³-hybridized carbons (Fsp3) is 0.427.